The standard InChI is InChI=1S/C31H37F5O2/c1-2-3-4-5-6-18-7-9-19(10-8-18)20-11-13-21(14-12-20)23-17-24(32)28(31(37)38)30(36)27(23)22-15-25(33)29(35)26(34)16-22/h15-21H,2-14H2,1H3,(H,37,38). The Kier molecular flexibility index (Phi) is 9.48. The van der Waals surface area contributed by atoms with Crippen LogP contribution in [0, 0.1) is 46.8 Å². The van der Waals surface area contributed by atoms with Crippen LogP contribution in [0.5, 0.6) is 0 Å². The zero-order valence-electron chi connectivity index (χ0n) is 22.0. The molecule has 0 atom stereocenters. The second-order valence-electron chi connectivity index (χ2n) is 11.3. The number of unbranched alkanes of at least 4 members (excludes halogenated alkanes) is 3. The van der Waals surface area contributed by atoms with Gasteiger partial charge in [-0.25, -0.2) is 26.7 Å². The van der Waals surface area contributed by atoms with Crippen LogP contribution in [0.15, 0.2) is 18.2 Å². The number of carboxylic acid groups (broad SMARTS) is 1. The first-order valence-corrected chi connectivity index (χ1v) is 14.1. The van der Waals surface area contributed by atoms with E-state index in [1.165, 1.54) is 57.8 Å². The van der Waals surface area contributed by atoms with Gasteiger partial charge in [-0.15, -0.1) is 0 Å². The summed E-state index contributed by atoms with van der Waals surface area (Å²) >= 11 is 0. The fourth-order valence-electron chi connectivity index (χ4n) is 6.86. The molecule has 38 heavy (non-hydrogen) atoms. The zero-order chi connectivity index (χ0) is 27.4. The Labute approximate surface area is 221 Å². The maximum absolute atomic E-state index is 15.4. The monoisotopic (exact) mass is 536 g/mol. The minimum absolute atomic E-state index is 0.185. The van der Waals surface area contributed by atoms with Crippen molar-refractivity contribution in [2.75, 3.05) is 0 Å². The molecule has 4 rings (SSSR count). The summed E-state index contributed by atoms with van der Waals surface area (Å²) in [6.45, 7) is 2.22. The molecule has 0 bridgehead atoms. The minimum Gasteiger partial charge on any atom is -0.477 e. The van der Waals surface area contributed by atoms with Gasteiger partial charge in [-0.05, 0) is 91.5 Å². The Morgan fingerprint density at radius 3 is 1.89 bits per heavy atom. The molecule has 7 heteroatoms. The highest BCUT2D eigenvalue weighted by Gasteiger charge is 2.34. The van der Waals surface area contributed by atoms with Crippen LogP contribution in [0.25, 0.3) is 11.1 Å². The van der Waals surface area contributed by atoms with Crippen molar-refractivity contribution in [3.8, 4) is 11.1 Å². The fraction of sp³-hybridized carbons (Fsp3) is 0.581. The van der Waals surface area contributed by atoms with Gasteiger partial charge in [-0.1, -0.05) is 51.9 Å². The van der Waals surface area contributed by atoms with Gasteiger partial charge in [0.2, 0.25) is 0 Å². The average Bonchev–Trinajstić information content (AvgIpc) is 2.89. The first-order chi connectivity index (χ1) is 18.2. The van der Waals surface area contributed by atoms with Gasteiger partial charge in [0.25, 0.3) is 0 Å². The van der Waals surface area contributed by atoms with E-state index < -0.39 is 40.6 Å². The van der Waals surface area contributed by atoms with E-state index in [0.29, 0.717) is 36.8 Å². The number of aromatic carboxylic acids is 1. The van der Waals surface area contributed by atoms with Gasteiger partial charge >= 0.3 is 5.97 Å². The van der Waals surface area contributed by atoms with E-state index in [-0.39, 0.29) is 22.6 Å². The van der Waals surface area contributed by atoms with E-state index in [1.807, 2.05) is 0 Å². The van der Waals surface area contributed by atoms with Crippen molar-refractivity contribution in [1.82, 2.24) is 0 Å². The highest BCUT2D eigenvalue weighted by Crippen LogP contribution is 2.47. The predicted molar refractivity (Wildman–Crippen MR) is 138 cm³/mol. The summed E-state index contributed by atoms with van der Waals surface area (Å²) in [6, 6.07) is 2.25. The lowest BCUT2D eigenvalue weighted by Crippen LogP contribution is -2.25. The third kappa shape index (κ3) is 6.23. The predicted octanol–water partition coefficient (Wildman–Crippen LogP) is 9.80. The van der Waals surface area contributed by atoms with Crippen LogP contribution in [0.1, 0.15) is 112 Å². The number of hydrogen-bond donors (Lipinski definition) is 1. The summed E-state index contributed by atoms with van der Waals surface area (Å²) < 4.78 is 71.8. The van der Waals surface area contributed by atoms with E-state index in [0.717, 1.165) is 24.8 Å². The first-order valence-electron chi connectivity index (χ1n) is 14.1. The number of carboxylic acids is 1. The highest BCUT2D eigenvalue weighted by atomic mass is 19.2. The largest absolute Gasteiger partial charge is 0.477 e. The van der Waals surface area contributed by atoms with E-state index in [4.69, 9.17) is 0 Å². The van der Waals surface area contributed by atoms with Gasteiger partial charge in [-0.3, -0.25) is 0 Å². The van der Waals surface area contributed by atoms with Crippen LogP contribution >= 0.6 is 0 Å². The van der Waals surface area contributed by atoms with Crippen LogP contribution in [0.3, 0.4) is 0 Å². The van der Waals surface area contributed by atoms with E-state index in [9.17, 15) is 27.5 Å². The van der Waals surface area contributed by atoms with Crippen molar-refractivity contribution >= 4 is 5.97 Å². The number of hydrogen-bond acceptors (Lipinski definition) is 1. The van der Waals surface area contributed by atoms with Crippen molar-refractivity contribution in [3.05, 3.63) is 58.4 Å². The SMILES string of the molecule is CCCCCCC1CCC(C2CCC(c3cc(F)c(C(=O)O)c(F)c3-c3cc(F)c(F)c(F)c3)CC2)CC1. The van der Waals surface area contributed by atoms with Gasteiger partial charge in [0, 0.05) is 5.56 Å². The Balaban J connectivity index is 1.49. The summed E-state index contributed by atoms with van der Waals surface area (Å²) in [7, 11) is 0. The molecule has 0 amide bonds. The molecule has 0 heterocycles. The smallest absolute Gasteiger partial charge is 0.341 e. The number of rotatable bonds is 9. The van der Waals surface area contributed by atoms with E-state index in [1.54, 1.807) is 0 Å². The number of benzene rings is 2. The summed E-state index contributed by atoms with van der Waals surface area (Å²) in [6.07, 6.45) is 14.5. The number of carbonyl (C=O) groups is 1. The molecule has 2 aromatic carbocycles. The molecule has 208 valence electrons. The van der Waals surface area contributed by atoms with Crippen molar-refractivity contribution in [2.45, 2.75) is 96.3 Å². The van der Waals surface area contributed by atoms with Gasteiger partial charge < -0.3 is 5.11 Å². The normalized spacial score (nSPS) is 23.9. The van der Waals surface area contributed by atoms with E-state index in [2.05, 4.69) is 6.92 Å². The van der Waals surface area contributed by atoms with Crippen molar-refractivity contribution in [2.24, 2.45) is 17.8 Å². The van der Waals surface area contributed by atoms with Crippen LogP contribution in [-0.2, 0) is 0 Å². The van der Waals surface area contributed by atoms with Crippen LogP contribution in [-0.4, -0.2) is 11.1 Å². The molecule has 1 N–H and O–H groups in total. The molecule has 0 aromatic heterocycles. The lowest BCUT2D eigenvalue weighted by molar-refractivity contribution is 0.0686. The summed E-state index contributed by atoms with van der Waals surface area (Å²) in [5, 5.41) is 9.35. The Bertz CT molecular complexity index is 1110. The topological polar surface area (TPSA) is 37.3 Å². The Hall–Kier alpha value is -2.44. The van der Waals surface area contributed by atoms with Crippen LogP contribution < -0.4 is 0 Å². The first kappa shape index (κ1) is 28.6. The molecule has 2 aromatic rings. The third-order valence-electron chi connectivity index (χ3n) is 8.97. The molecule has 0 saturated heterocycles. The lowest BCUT2D eigenvalue weighted by atomic mass is 9.67. The van der Waals surface area contributed by atoms with Crippen molar-refractivity contribution in [1.29, 1.82) is 0 Å². The maximum Gasteiger partial charge on any atom is 0.341 e. The molecular formula is C31H37F5O2. The fourth-order valence-corrected chi connectivity index (χ4v) is 6.86. The average molecular weight is 537 g/mol. The molecule has 2 fully saturated rings. The highest BCUT2D eigenvalue weighted by molar-refractivity contribution is 5.91. The quantitative estimate of drug-likeness (QED) is 0.197. The summed E-state index contributed by atoms with van der Waals surface area (Å²) in [5.74, 6) is -7.47. The van der Waals surface area contributed by atoms with Gasteiger partial charge in [-0.2, -0.15) is 0 Å². The molecule has 0 aliphatic heterocycles. The molecule has 2 saturated carbocycles. The molecule has 2 aliphatic carbocycles. The number of halogens is 5. The lowest BCUT2D eigenvalue weighted by Gasteiger charge is -2.38. The van der Waals surface area contributed by atoms with Crippen molar-refractivity contribution < 1.29 is 31.9 Å². The minimum atomic E-state index is -1.82. The van der Waals surface area contributed by atoms with Gasteiger partial charge in [0.1, 0.15) is 17.2 Å². The van der Waals surface area contributed by atoms with Crippen molar-refractivity contribution in [3.63, 3.8) is 0 Å². The Morgan fingerprint density at radius 2 is 1.34 bits per heavy atom. The van der Waals surface area contributed by atoms with Crippen LogP contribution in [0.4, 0.5) is 22.0 Å². The van der Waals surface area contributed by atoms with Gasteiger partial charge in [0.05, 0.1) is 0 Å². The zero-order valence-corrected chi connectivity index (χ0v) is 22.0. The molecule has 0 spiro atoms. The molecule has 2 aliphatic rings. The molecule has 0 radical (unpaired) electrons. The summed E-state index contributed by atoms with van der Waals surface area (Å²) in [5.41, 5.74) is -1.71. The van der Waals surface area contributed by atoms with Gasteiger partial charge in [0.15, 0.2) is 17.5 Å². The molecular weight excluding hydrogens is 499 g/mol. The Morgan fingerprint density at radius 1 is 0.763 bits per heavy atom. The second-order valence-corrected chi connectivity index (χ2v) is 11.3. The second kappa shape index (κ2) is 12.6. The molecule has 2 nitrogen and oxygen atoms in total. The molecule has 0 unspecified atom stereocenters. The summed E-state index contributed by atoms with van der Waals surface area (Å²) in [4.78, 5) is 11.5. The third-order valence-corrected chi connectivity index (χ3v) is 8.97. The maximum atomic E-state index is 15.4. The van der Waals surface area contributed by atoms with Crippen LogP contribution in [0.2, 0.25) is 0 Å². The van der Waals surface area contributed by atoms with E-state index >= 15 is 4.39 Å².